The van der Waals surface area contributed by atoms with Gasteiger partial charge in [-0.2, -0.15) is 10.2 Å². The van der Waals surface area contributed by atoms with Crippen LogP contribution in [0.25, 0.3) is 33.3 Å². The topological polar surface area (TPSA) is 70.2 Å². The van der Waals surface area contributed by atoms with E-state index in [4.69, 9.17) is 0 Å². The quantitative estimate of drug-likeness (QED) is 0.592. The lowest BCUT2D eigenvalue weighted by Gasteiger charge is -2.05. The summed E-state index contributed by atoms with van der Waals surface area (Å²) in [7, 11) is 0. The van der Waals surface area contributed by atoms with Crippen LogP contribution in [0.3, 0.4) is 0 Å². The Balaban J connectivity index is 1.97. The second-order valence-electron chi connectivity index (χ2n) is 4.65. The van der Waals surface area contributed by atoms with Gasteiger partial charge >= 0.3 is 0 Å². The third-order valence-electron chi connectivity index (χ3n) is 3.46. The smallest absolute Gasteiger partial charge is 0.148 e. The second-order valence-corrected chi connectivity index (χ2v) is 4.65. The molecule has 0 bridgehead atoms. The number of aromatic nitrogens is 5. The molecule has 0 saturated carbocycles. The molecule has 5 nitrogen and oxygen atoms in total. The van der Waals surface area contributed by atoms with Crippen molar-refractivity contribution in [3.05, 3.63) is 54.9 Å². The van der Waals surface area contributed by atoms with Crippen LogP contribution < -0.4 is 0 Å². The van der Waals surface area contributed by atoms with Gasteiger partial charge in [-0.1, -0.05) is 6.07 Å². The van der Waals surface area contributed by atoms with Crippen LogP contribution in [0.15, 0.2) is 49.1 Å². The second kappa shape index (κ2) is 4.52. The molecule has 0 radical (unpaired) electrons. The number of hydrogen-bond acceptors (Lipinski definition) is 3. The molecule has 6 heteroatoms. The predicted octanol–water partition coefficient (Wildman–Crippen LogP) is 3.15. The first-order valence-corrected chi connectivity index (χ1v) is 6.40. The summed E-state index contributed by atoms with van der Waals surface area (Å²) in [6, 6.07) is 6.96. The van der Waals surface area contributed by atoms with E-state index in [-0.39, 0.29) is 5.82 Å². The molecule has 0 spiro atoms. The van der Waals surface area contributed by atoms with Crippen molar-refractivity contribution in [1.29, 1.82) is 0 Å². The number of pyridine rings is 1. The molecule has 0 atom stereocenters. The zero-order chi connectivity index (χ0) is 14.2. The molecule has 3 aromatic heterocycles. The first-order valence-electron chi connectivity index (χ1n) is 6.40. The van der Waals surface area contributed by atoms with Crippen LogP contribution in [-0.2, 0) is 0 Å². The van der Waals surface area contributed by atoms with Gasteiger partial charge in [-0.25, -0.2) is 4.39 Å². The molecule has 4 aromatic rings. The number of hydrogen-bond donors (Lipinski definition) is 2. The number of nitrogens with one attached hydrogen (secondary N) is 2. The van der Waals surface area contributed by atoms with Crippen molar-refractivity contribution in [3.8, 4) is 22.4 Å². The van der Waals surface area contributed by atoms with E-state index in [0.29, 0.717) is 5.52 Å². The Morgan fingerprint density at radius 3 is 2.52 bits per heavy atom. The minimum absolute atomic E-state index is 0.319. The van der Waals surface area contributed by atoms with Crippen molar-refractivity contribution in [2.75, 3.05) is 0 Å². The molecule has 0 unspecified atom stereocenters. The van der Waals surface area contributed by atoms with E-state index in [1.165, 1.54) is 6.07 Å². The largest absolute Gasteiger partial charge is 0.277 e. The molecule has 1 aromatic carbocycles. The highest BCUT2D eigenvalue weighted by Gasteiger charge is 2.15. The molecule has 102 valence electrons. The van der Waals surface area contributed by atoms with E-state index in [1.807, 2.05) is 12.1 Å². The Morgan fingerprint density at radius 2 is 1.67 bits per heavy atom. The average Bonchev–Trinajstić information content (AvgIpc) is 3.18. The molecule has 3 heterocycles. The van der Waals surface area contributed by atoms with Crippen molar-refractivity contribution in [1.82, 2.24) is 25.4 Å². The summed E-state index contributed by atoms with van der Waals surface area (Å²) in [6.45, 7) is 0. The van der Waals surface area contributed by atoms with Crippen LogP contribution >= 0.6 is 0 Å². The summed E-state index contributed by atoms with van der Waals surface area (Å²) >= 11 is 0. The minimum Gasteiger partial charge on any atom is -0.277 e. The van der Waals surface area contributed by atoms with Crippen LogP contribution in [0.2, 0.25) is 0 Å². The molecule has 4 rings (SSSR count). The minimum atomic E-state index is -0.319. The van der Waals surface area contributed by atoms with Gasteiger partial charge in [0.2, 0.25) is 0 Å². The van der Waals surface area contributed by atoms with Gasteiger partial charge in [-0.05, 0) is 23.8 Å². The number of H-pyrrole nitrogens is 2. The maximum absolute atomic E-state index is 13.8. The summed E-state index contributed by atoms with van der Waals surface area (Å²) in [4.78, 5) is 4.01. The van der Waals surface area contributed by atoms with Crippen molar-refractivity contribution in [2.45, 2.75) is 0 Å². The summed E-state index contributed by atoms with van der Waals surface area (Å²) < 4.78 is 13.8. The molecule has 21 heavy (non-hydrogen) atoms. The van der Waals surface area contributed by atoms with Gasteiger partial charge in [-0.3, -0.25) is 15.2 Å². The van der Waals surface area contributed by atoms with Crippen molar-refractivity contribution < 1.29 is 4.39 Å². The average molecular weight is 279 g/mol. The van der Waals surface area contributed by atoms with Gasteiger partial charge in [0.1, 0.15) is 11.3 Å². The Bertz CT molecular complexity index is 910. The highest BCUT2D eigenvalue weighted by molar-refractivity contribution is 5.98. The van der Waals surface area contributed by atoms with Gasteiger partial charge in [0.05, 0.1) is 18.1 Å². The molecule has 2 N–H and O–H groups in total. The van der Waals surface area contributed by atoms with E-state index in [9.17, 15) is 4.39 Å². The van der Waals surface area contributed by atoms with Gasteiger partial charge in [0.15, 0.2) is 0 Å². The molecule has 0 aliphatic carbocycles. The molecule has 0 amide bonds. The third kappa shape index (κ3) is 1.80. The van der Waals surface area contributed by atoms with Gasteiger partial charge in [0, 0.05) is 28.9 Å². The first kappa shape index (κ1) is 11.8. The van der Waals surface area contributed by atoms with Gasteiger partial charge in [0.25, 0.3) is 0 Å². The summed E-state index contributed by atoms with van der Waals surface area (Å²) in [5.41, 5.74) is 4.01. The molecular weight excluding hydrogens is 269 g/mol. The normalized spacial score (nSPS) is 11.1. The van der Waals surface area contributed by atoms with Crippen LogP contribution in [0.5, 0.6) is 0 Å². The zero-order valence-corrected chi connectivity index (χ0v) is 10.8. The van der Waals surface area contributed by atoms with Crippen LogP contribution in [0.4, 0.5) is 4.39 Å². The molecule has 0 aliphatic rings. The number of nitrogens with zero attached hydrogens (tertiary/aromatic N) is 3. The molecule has 0 aliphatic heterocycles. The SMILES string of the molecule is Fc1ccc(-c2cn[nH]c2-c2ccncc2)c2cn[nH]c12. The van der Waals surface area contributed by atoms with E-state index in [1.54, 1.807) is 30.9 Å². The molecule has 0 saturated heterocycles. The first-order chi connectivity index (χ1) is 10.3. The molecular formula is C15H10FN5. The van der Waals surface area contributed by atoms with Crippen molar-refractivity contribution in [3.63, 3.8) is 0 Å². The number of rotatable bonds is 2. The number of halogens is 1. The van der Waals surface area contributed by atoms with Gasteiger partial charge in [-0.15, -0.1) is 0 Å². The third-order valence-corrected chi connectivity index (χ3v) is 3.46. The van der Waals surface area contributed by atoms with E-state index >= 15 is 0 Å². The summed E-state index contributed by atoms with van der Waals surface area (Å²) in [5.74, 6) is -0.319. The standard InChI is InChI=1S/C15H10FN5/c16-13-2-1-10(12-8-19-21-15(12)13)11-7-18-20-14(11)9-3-5-17-6-4-9/h1-8H,(H,18,20)(H,19,21). The van der Waals surface area contributed by atoms with Crippen LogP contribution in [0.1, 0.15) is 0 Å². The highest BCUT2D eigenvalue weighted by Crippen LogP contribution is 2.34. The lowest BCUT2D eigenvalue weighted by Crippen LogP contribution is -1.86. The maximum Gasteiger partial charge on any atom is 0.148 e. The lowest BCUT2D eigenvalue weighted by molar-refractivity contribution is 0.636. The predicted molar refractivity (Wildman–Crippen MR) is 76.9 cm³/mol. The Kier molecular flexibility index (Phi) is 2.53. The maximum atomic E-state index is 13.8. The fourth-order valence-electron chi connectivity index (χ4n) is 2.47. The summed E-state index contributed by atoms with van der Waals surface area (Å²) in [6.07, 6.45) is 6.79. The number of aromatic amines is 2. The van der Waals surface area contributed by atoms with Gasteiger partial charge < -0.3 is 0 Å². The van der Waals surface area contributed by atoms with Crippen LogP contribution in [0, 0.1) is 5.82 Å². The lowest BCUT2D eigenvalue weighted by atomic mass is 9.99. The fourth-order valence-corrected chi connectivity index (χ4v) is 2.47. The Morgan fingerprint density at radius 1 is 0.857 bits per heavy atom. The summed E-state index contributed by atoms with van der Waals surface area (Å²) in [5, 5.41) is 14.5. The van der Waals surface area contributed by atoms with Crippen molar-refractivity contribution >= 4 is 10.9 Å². The monoisotopic (exact) mass is 279 g/mol. The number of benzene rings is 1. The van der Waals surface area contributed by atoms with E-state index in [2.05, 4.69) is 25.4 Å². The Labute approximate surface area is 118 Å². The Hall–Kier alpha value is -3.02. The zero-order valence-electron chi connectivity index (χ0n) is 10.8. The molecule has 0 fully saturated rings. The highest BCUT2D eigenvalue weighted by atomic mass is 19.1. The fraction of sp³-hybridized carbons (Fsp3) is 0. The van der Waals surface area contributed by atoms with Crippen molar-refractivity contribution in [2.24, 2.45) is 0 Å². The van der Waals surface area contributed by atoms with E-state index in [0.717, 1.165) is 27.8 Å². The van der Waals surface area contributed by atoms with Crippen LogP contribution in [-0.4, -0.2) is 25.4 Å². The number of fused-ring (bicyclic) bond motifs is 1. The van der Waals surface area contributed by atoms with E-state index < -0.39 is 0 Å².